The minimum absolute atomic E-state index is 0.115. The second kappa shape index (κ2) is 6.57. The van der Waals surface area contributed by atoms with Gasteiger partial charge in [-0.2, -0.15) is 13.2 Å². The second-order valence-electron chi connectivity index (χ2n) is 5.16. The van der Waals surface area contributed by atoms with Gasteiger partial charge in [0.1, 0.15) is 6.54 Å². The number of imidazole rings is 1. The van der Waals surface area contributed by atoms with Crippen molar-refractivity contribution in [1.29, 1.82) is 0 Å². The zero-order valence-electron chi connectivity index (χ0n) is 12.4. The average Bonchev–Trinajstić information content (AvgIpc) is 2.91. The van der Waals surface area contributed by atoms with Crippen LogP contribution in [0.2, 0.25) is 10.0 Å². The first-order valence-corrected chi connectivity index (χ1v) is 7.79. The third kappa shape index (κ3) is 3.57. The Morgan fingerprint density at radius 1 is 1.12 bits per heavy atom. The van der Waals surface area contributed by atoms with E-state index in [-0.39, 0.29) is 26.8 Å². The number of fused-ring (bicyclic) bond motifs is 1. The van der Waals surface area contributed by atoms with Gasteiger partial charge in [-0.05, 0) is 24.3 Å². The number of benzene rings is 2. The molecule has 1 amide bonds. The van der Waals surface area contributed by atoms with Crippen LogP contribution in [0.1, 0.15) is 5.82 Å². The van der Waals surface area contributed by atoms with Gasteiger partial charge in [-0.25, -0.2) is 4.98 Å². The minimum atomic E-state index is -4.69. The second-order valence-corrected chi connectivity index (χ2v) is 5.94. The Bertz CT molecular complexity index is 953. The van der Waals surface area contributed by atoms with E-state index < -0.39 is 24.5 Å². The summed E-state index contributed by atoms with van der Waals surface area (Å²) in [5.41, 5.74) is 0.586. The molecule has 0 bridgehead atoms. The summed E-state index contributed by atoms with van der Waals surface area (Å²) in [7, 11) is 0. The van der Waals surface area contributed by atoms with Gasteiger partial charge in [-0.3, -0.25) is 4.79 Å². The van der Waals surface area contributed by atoms with Crippen LogP contribution in [-0.4, -0.2) is 15.5 Å². The maximum absolute atomic E-state index is 13.2. The number of anilines is 1. The molecular weight excluding hydrogens is 378 g/mol. The van der Waals surface area contributed by atoms with E-state index >= 15 is 0 Å². The Hall–Kier alpha value is -2.25. The summed E-state index contributed by atoms with van der Waals surface area (Å²) in [6.07, 6.45) is -4.69. The van der Waals surface area contributed by atoms with Crippen LogP contribution in [0.5, 0.6) is 0 Å². The van der Waals surface area contributed by atoms with Crippen LogP contribution in [0.25, 0.3) is 11.0 Å². The summed E-state index contributed by atoms with van der Waals surface area (Å²) >= 11 is 11.8. The predicted molar refractivity (Wildman–Crippen MR) is 89.8 cm³/mol. The number of hydrogen-bond donors (Lipinski definition) is 1. The van der Waals surface area contributed by atoms with Gasteiger partial charge < -0.3 is 9.88 Å². The molecule has 130 valence electrons. The topological polar surface area (TPSA) is 46.9 Å². The van der Waals surface area contributed by atoms with Crippen LogP contribution in [0.15, 0.2) is 42.5 Å². The smallest absolute Gasteiger partial charge is 0.323 e. The molecule has 1 aromatic heterocycles. The lowest BCUT2D eigenvalue weighted by Crippen LogP contribution is -2.23. The Balaban J connectivity index is 1.94. The number of aromatic nitrogens is 2. The van der Waals surface area contributed by atoms with Gasteiger partial charge in [-0.15, -0.1) is 0 Å². The lowest BCUT2D eigenvalue weighted by Gasteiger charge is -2.12. The molecule has 0 atom stereocenters. The van der Waals surface area contributed by atoms with Gasteiger partial charge in [0.2, 0.25) is 11.7 Å². The van der Waals surface area contributed by atoms with E-state index in [9.17, 15) is 18.0 Å². The molecule has 0 aliphatic heterocycles. The van der Waals surface area contributed by atoms with Crippen molar-refractivity contribution < 1.29 is 18.0 Å². The first-order valence-electron chi connectivity index (χ1n) is 7.03. The molecule has 0 fully saturated rings. The fourth-order valence-corrected chi connectivity index (χ4v) is 2.73. The van der Waals surface area contributed by atoms with Crippen molar-refractivity contribution in [3.05, 3.63) is 58.3 Å². The van der Waals surface area contributed by atoms with Crippen LogP contribution in [0, 0.1) is 0 Å². The standard InChI is InChI=1S/C16H10Cl2F3N3O/c17-9-4-3-6-11(14(9)18)22-13(25)8-24-12-7-2-1-5-10(12)23-15(24)16(19,20)21/h1-7H,8H2,(H,22,25). The van der Waals surface area contributed by atoms with Crippen molar-refractivity contribution in [1.82, 2.24) is 9.55 Å². The molecule has 3 rings (SSSR count). The Morgan fingerprint density at radius 2 is 1.84 bits per heavy atom. The number of alkyl halides is 3. The third-order valence-electron chi connectivity index (χ3n) is 3.44. The summed E-state index contributed by atoms with van der Waals surface area (Å²) < 4.78 is 40.5. The fraction of sp³-hybridized carbons (Fsp3) is 0.125. The fourth-order valence-electron chi connectivity index (χ4n) is 2.39. The number of nitrogens with one attached hydrogen (secondary N) is 1. The summed E-state index contributed by atoms with van der Waals surface area (Å²) in [6, 6.07) is 10.7. The van der Waals surface area contributed by atoms with Crippen LogP contribution in [0.4, 0.5) is 18.9 Å². The lowest BCUT2D eigenvalue weighted by atomic mass is 10.3. The van der Waals surface area contributed by atoms with Gasteiger partial charge in [0.25, 0.3) is 0 Å². The molecule has 1 N–H and O–H groups in total. The number of hydrogen-bond acceptors (Lipinski definition) is 2. The predicted octanol–water partition coefficient (Wildman–Crippen LogP) is 5.00. The van der Waals surface area contributed by atoms with Crippen molar-refractivity contribution in [2.75, 3.05) is 5.32 Å². The first-order chi connectivity index (χ1) is 11.8. The largest absolute Gasteiger partial charge is 0.449 e. The summed E-state index contributed by atoms with van der Waals surface area (Å²) in [6.45, 7) is -0.571. The molecule has 4 nitrogen and oxygen atoms in total. The van der Waals surface area contributed by atoms with E-state index in [1.807, 2.05) is 0 Å². The Labute approximate surface area is 150 Å². The lowest BCUT2D eigenvalue weighted by molar-refractivity contribution is -0.147. The summed E-state index contributed by atoms with van der Waals surface area (Å²) in [5, 5.41) is 2.80. The van der Waals surface area contributed by atoms with Gasteiger partial charge >= 0.3 is 6.18 Å². The number of nitrogens with zero attached hydrogens (tertiary/aromatic N) is 2. The highest BCUT2D eigenvalue weighted by molar-refractivity contribution is 6.43. The zero-order chi connectivity index (χ0) is 18.2. The highest BCUT2D eigenvalue weighted by atomic mass is 35.5. The average molecular weight is 388 g/mol. The Kier molecular flexibility index (Phi) is 4.62. The number of carbonyl (C=O) groups excluding carboxylic acids is 1. The number of para-hydroxylation sites is 2. The molecule has 0 unspecified atom stereocenters. The number of rotatable bonds is 3. The monoisotopic (exact) mass is 387 g/mol. The quantitative estimate of drug-likeness (QED) is 0.687. The van der Waals surface area contributed by atoms with E-state index in [2.05, 4.69) is 10.3 Å². The van der Waals surface area contributed by atoms with E-state index in [0.717, 1.165) is 4.57 Å². The summed E-state index contributed by atoms with van der Waals surface area (Å²) in [4.78, 5) is 15.8. The van der Waals surface area contributed by atoms with E-state index in [1.165, 1.54) is 24.3 Å². The molecule has 0 aliphatic carbocycles. The highest BCUT2D eigenvalue weighted by Gasteiger charge is 2.38. The maximum Gasteiger partial charge on any atom is 0.449 e. The number of halogens is 5. The van der Waals surface area contributed by atoms with Crippen molar-refractivity contribution >= 4 is 45.8 Å². The molecule has 9 heteroatoms. The molecular formula is C16H10Cl2F3N3O. The number of carbonyl (C=O) groups is 1. The van der Waals surface area contributed by atoms with Gasteiger partial charge in [0.15, 0.2) is 0 Å². The van der Waals surface area contributed by atoms with Crippen LogP contribution in [-0.2, 0) is 17.5 Å². The van der Waals surface area contributed by atoms with Crippen LogP contribution >= 0.6 is 23.2 Å². The molecule has 0 saturated heterocycles. The van der Waals surface area contributed by atoms with Gasteiger partial charge in [0.05, 0.1) is 26.8 Å². The van der Waals surface area contributed by atoms with E-state index in [1.54, 1.807) is 18.2 Å². The first kappa shape index (κ1) is 17.6. The molecule has 25 heavy (non-hydrogen) atoms. The molecule has 2 aromatic carbocycles. The molecule has 0 spiro atoms. The molecule has 1 heterocycles. The van der Waals surface area contributed by atoms with Crippen molar-refractivity contribution in [2.24, 2.45) is 0 Å². The van der Waals surface area contributed by atoms with Crippen LogP contribution < -0.4 is 5.32 Å². The number of amides is 1. The van der Waals surface area contributed by atoms with Crippen molar-refractivity contribution in [3.63, 3.8) is 0 Å². The maximum atomic E-state index is 13.2. The molecule has 0 aliphatic rings. The molecule has 3 aromatic rings. The SMILES string of the molecule is O=C(Cn1c(C(F)(F)F)nc2ccccc21)Nc1cccc(Cl)c1Cl. The van der Waals surface area contributed by atoms with E-state index in [0.29, 0.717) is 0 Å². The van der Waals surface area contributed by atoms with E-state index in [4.69, 9.17) is 23.2 Å². The third-order valence-corrected chi connectivity index (χ3v) is 4.25. The zero-order valence-corrected chi connectivity index (χ0v) is 14.0. The van der Waals surface area contributed by atoms with Crippen molar-refractivity contribution in [3.8, 4) is 0 Å². The van der Waals surface area contributed by atoms with Gasteiger partial charge in [-0.1, -0.05) is 41.4 Å². The van der Waals surface area contributed by atoms with Crippen LogP contribution in [0.3, 0.4) is 0 Å². The Morgan fingerprint density at radius 3 is 2.56 bits per heavy atom. The summed E-state index contributed by atoms with van der Waals surface area (Å²) in [5.74, 6) is -1.82. The minimum Gasteiger partial charge on any atom is -0.323 e. The molecule has 0 radical (unpaired) electrons. The highest BCUT2D eigenvalue weighted by Crippen LogP contribution is 2.32. The normalized spacial score (nSPS) is 11.7. The molecule has 0 saturated carbocycles. The van der Waals surface area contributed by atoms with Gasteiger partial charge in [0, 0.05) is 0 Å². The van der Waals surface area contributed by atoms with Crippen molar-refractivity contribution in [2.45, 2.75) is 12.7 Å².